The van der Waals surface area contributed by atoms with E-state index in [1.807, 2.05) is 6.07 Å². The van der Waals surface area contributed by atoms with Crippen LogP contribution in [0.25, 0.3) is 0 Å². The Morgan fingerprint density at radius 2 is 2.22 bits per heavy atom. The first kappa shape index (κ1) is 13.5. The molecule has 2 heterocycles. The number of nitrogens with zero attached hydrogens (tertiary/aromatic N) is 2. The van der Waals surface area contributed by atoms with Gasteiger partial charge in [-0.25, -0.2) is 13.4 Å². The molecule has 2 aromatic heterocycles. The van der Waals surface area contributed by atoms with Crippen LogP contribution in [0.4, 0.5) is 0 Å². The van der Waals surface area contributed by atoms with Crippen molar-refractivity contribution in [3.63, 3.8) is 0 Å². The molecule has 0 spiro atoms. The molecule has 0 fully saturated rings. The Balaban J connectivity index is 2.20. The number of thiophene rings is 1. The molecule has 0 aliphatic carbocycles. The van der Waals surface area contributed by atoms with Gasteiger partial charge in [0.25, 0.3) is 10.0 Å². The van der Waals surface area contributed by atoms with Gasteiger partial charge in [-0.1, -0.05) is 11.6 Å². The molecule has 0 amide bonds. The lowest BCUT2D eigenvalue weighted by atomic mass is 10.5. The minimum absolute atomic E-state index is 0.102. The fraction of sp³-hybridized carbons (Fsp3) is 0.300. The summed E-state index contributed by atoms with van der Waals surface area (Å²) < 4.78 is 26.3. The number of aryl methyl sites for hydroxylation is 1. The first-order chi connectivity index (χ1) is 8.39. The van der Waals surface area contributed by atoms with Gasteiger partial charge in [-0.3, -0.25) is 0 Å². The second-order valence-corrected chi connectivity index (χ2v) is 7.61. The molecule has 0 radical (unpaired) electrons. The van der Waals surface area contributed by atoms with Crippen molar-refractivity contribution in [2.45, 2.75) is 18.5 Å². The largest absolute Gasteiger partial charge is 0.332 e. The number of hydrogen-bond donors (Lipinski definition) is 1. The number of halogens is 1. The number of nitrogens with one attached hydrogen (secondary N) is 1. The Morgan fingerprint density at radius 3 is 2.72 bits per heavy atom. The van der Waals surface area contributed by atoms with Gasteiger partial charge in [0.2, 0.25) is 0 Å². The lowest BCUT2D eigenvalue weighted by Gasteiger charge is -2.14. The van der Waals surface area contributed by atoms with E-state index in [0.29, 0.717) is 10.2 Å². The van der Waals surface area contributed by atoms with Crippen LogP contribution in [0.1, 0.15) is 10.7 Å². The Labute approximate surface area is 114 Å². The van der Waals surface area contributed by atoms with Crippen molar-refractivity contribution in [3.8, 4) is 0 Å². The molecular formula is C10H12ClN3O2S2. The summed E-state index contributed by atoms with van der Waals surface area (Å²) in [7, 11) is -2.00. The molecular weight excluding hydrogens is 294 g/mol. The van der Waals surface area contributed by atoms with Crippen LogP contribution < -0.4 is 0 Å². The minimum atomic E-state index is -3.53. The van der Waals surface area contributed by atoms with E-state index in [9.17, 15) is 8.42 Å². The van der Waals surface area contributed by atoms with E-state index >= 15 is 0 Å². The summed E-state index contributed by atoms with van der Waals surface area (Å²) in [5, 5.41) is 0.102. The Kier molecular flexibility index (Phi) is 3.76. The number of imidazole rings is 1. The topological polar surface area (TPSA) is 66.1 Å². The highest BCUT2D eigenvalue weighted by molar-refractivity contribution is 7.89. The quantitative estimate of drug-likeness (QED) is 0.942. The highest BCUT2D eigenvalue weighted by Gasteiger charge is 2.23. The summed E-state index contributed by atoms with van der Waals surface area (Å²) in [4.78, 5) is 7.51. The number of hydrogen-bond acceptors (Lipinski definition) is 4. The number of aromatic nitrogens is 2. The predicted octanol–water partition coefficient (Wildman–Crippen LogP) is 2.25. The predicted molar refractivity (Wildman–Crippen MR) is 71.3 cm³/mol. The van der Waals surface area contributed by atoms with Crippen molar-refractivity contribution in [2.75, 3.05) is 7.05 Å². The van der Waals surface area contributed by atoms with Crippen LogP contribution in [-0.2, 0) is 16.6 Å². The summed E-state index contributed by atoms with van der Waals surface area (Å²) in [6.45, 7) is 2.00. The zero-order valence-corrected chi connectivity index (χ0v) is 12.2. The lowest BCUT2D eigenvalue weighted by molar-refractivity contribution is 0.467. The summed E-state index contributed by atoms with van der Waals surface area (Å²) >= 11 is 7.18. The summed E-state index contributed by atoms with van der Waals surface area (Å²) in [6, 6.07) is 3.57. The van der Waals surface area contributed by atoms with Gasteiger partial charge in [0, 0.05) is 18.5 Å². The van der Waals surface area contributed by atoms with Crippen LogP contribution >= 0.6 is 22.9 Å². The van der Waals surface area contributed by atoms with Gasteiger partial charge in [-0.05, 0) is 19.1 Å². The maximum Gasteiger partial charge on any atom is 0.260 e. The molecule has 8 heteroatoms. The first-order valence-corrected chi connectivity index (χ1v) is 7.75. The molecule has 5 nitrogen and oxygen atoms in total. The van der Waals surface area contributed by atoms with Crippen LogP contribution in [0.15, 0.2) is 23.4 Å². The smallest absolute Gasteiger partial charge is 0.260 e. The van der Waals surface area contributed by atoms with Crippen LogP contribution in [-0.4, -0.2) is 29.7 Å². The van der Waals surface area contributed by atoms with Crippen molar-refractivity contribution in [2.24, 2.45) is 0 Å². The number of H-pyrrole nitrogens is 1. The van der Waals surface area contributed by atoms with Gasteiger partial charge in [-0.15, -0.1) is 11.3 Å². The fourth-order valence-corrected chi connectivity index (χ4v) is 3.77. The van der Waals surface area contributed by atoms with Gasteiger partial charge in [0.05, 0.1) is 10.5 Å². The van der Waals surface area contributed by atoms with E-state index in [1.165, 1.54) is 28.9 Å². The third-order valence-corrected chi connectivity index (χ3v) is 5.30. The lowest BCUT2D eigenvalue weighted by Crippen LogP contribution is -2.26. The Morgan fingerprint density at radius 1 is 1.50 bits per heavy atom. The Hall–Kier alpha value is -0.890. The monoisotopic (exact) mass is 305 g/mol. The van der Waals surface area contributed by atoms with Crippen molar-refractivity contribution in [1.82, 2.24) is 14.3 Å². The highest BCUT2D eigenvalue weighted by Crippen LogP contribution is 2.24. The molecule has 1 N–H and O–H groups in total. The van der Waals surface area contributed by atoms with Crippen molar-refractivity contribution in [3.05, 3.63) is 33.4 Å². The second kappa shape index (κ2) is 5.00. The summed E-state index contributed by atoms with van der Waals surface area (Å²) in [5.74, 6) is 0.571. The van der Waals surface area contributed by atoms with E-state index in [0.717, 1.165) is 4.88 Å². The standard InChI is InChI=1S/C10H12ClN3O2S2/c1-7-12-5-10(13-7)18(15,16)14(2)6-8-3-4-9(11)17-8/h3-5H,6H2,1-2H3,(H,12,13). The molecule has 0 aliphatic rings. The van der Waals surface area contributed by atoms with Gasteiger partial charge in [0.15, 0.2) is 5.03 Å². The maximum atomic E-state index is 12.2. The average molecular weight is 306 g/mol. The normalized spacial score (nSPS) is 12.2. The number of rotatable bonds is 4. The maximum absolute atomic E-state index is 12.2. The van der Waals surface area contributed by atoms with Crippen molar-refractivity contribution >= 4 is 33.0 Å². The molecule has 0 aliphatic heterocycles. The molecule has 0 unspecified atom stereocenters. The van der Waals surface area contributed by atoms with Gasteiger partial charge < -0.3 is 4.98 Å². The number of sulfonamides is 1. The Bertz CT molecular complexity index is 648. The van der Waals surface area contributed by atoms with Gasteiger partial charge in [-0.2, -0.15) is 4.31 Å². The van der Waals surface area contributed by atoms with Crippen molar-refractivity contribution < 1.29 is 8.42 Å². The van der Waals surface area contributed by atoms with E-state index in [4.69, 9.17) is 11.6 Å². The van der Waals surface area contributed by atoms with Crippen LogP contribution in [0.2, 0.25) is 4.34 Å². The van der Waals surface area contributed by atoms with E-state index in [1.54, 1.807) is 13.0 Å². The second-order valence-electron chi connectivity index (χ2n) is 3.80. The number of aromatic amines is 1. The SMILES string of the molecule is Cc1ncc(S(=O)(=O)N(C)Cc2ccc(Cl)s2)[nH]1. The van der Waals surface area contributed by atoms with E-state index in [2.05, 4.69) is 9.97 Å². The van der Waals surface area contributed by atoms with Crippen LogP contribution in [0.3, 0.4) is 0 Å². The average Bonchev–Trinajstić information content (AvgIpc) is 2.88. The zero-order valence-electron chi connectivity index (χ0n) is 9.84. The zero-order chi connectivity index (χ0) is 13.3. The van der Waals surface area contributed by atoms with Crippen LogP contribution in [0, 0.1) is 6.92 Å². The molecule has 0 bridgehead atoms. The minimum Gasteiger partial charge on any atom is -0.332 e. The third-order valence-electron chi connectivity index (χ3n) is 2.38. The van der Waals surface area contributed by atoms with E-state index in [-0.39, 0.29) is 11.6 Å². The highest BCUT2D eigenvalue weighted by atomic mass is 35.5. The molecule has 0 aromatic carbocycles. The molecule has 2 rings (SSSR count). The molecule has 98 valence electrons. The first-order valence-electron chi connectivity index (χ1n) is 5.12. The van der Waals surface area contributed by atoms with Gasteiger partial charge >= 0.3 is 0 Å². The van der Waals surface area contributed by atoms with Gasteiger partial charge in [0.1, 0.15) is 5.82 Å². The summed E-state index contributed by atoms with van der Waals surface area (Å²) in [5.41, 5.74) is 0. The summed E-state index contributed by atoms with van der Waals surface area (Å²) in [6.07, 6.45) is 1.32. The van der Waals surface area contributed by atoms with Crippen molar-refractivity contribution in [1.29, 1.82) is 0 Å². The van der Waals surface area contributed by atoms with E-state index < -0.39 is 10.0 Å². The van der Waals surface area contributed by atoms with Crippen LogP contribution in [0.5, 0.6) is 0 Å². The molecule has 0 saturated heterocycles. The molecule has 18 heavy (non-hydrogen) atoms. The third kappa shape index (κ3) is 2.74. The molecule has 2 aromatic rings. The fourth-order valence-electron chi connectivity index (χ4n) is 1.44. The molecule has 0 saturated carbocycles. The molecule has 0 atom stereocenters.